The van der Waals surface area contributed by atoms with Crippen LogP contribution in [0.1, 0.15) is 26.3 Å². The average Bonchev–Trinajstić information content (AvgIpc) is 2.18. The molecular formula is C13H18ClF2N. The fraction of sp³-hybridized carbons (Fsp3) is 0.538. The van der Waals surface area contributed by atoms with E-state index in [1.807, 2.05) is 20.8 Å². The molecule has 0 aliphatic carbocycles. The van der Waals surface area contributed by atoms with Gasteiger partial charge in [0.2, 0.25) is 0 Å². The first kappa shape index (κ1) is 14.4. The first-order valence-corrected chi connectivity index (χ1v) is 5.99. The van der Waals surface area contributed by atoms with Crippen LogP contribution in [0.2, 0.25) is 5.02 Å². The summed E-state index contributed by atoms with van der Waals surface area (Å²) in [5.41, 5.74) is 0.521. The van der Waals surface area contributed by atoms with E-state index in [0.717, 1.165) is 0 Å². The highest BCUT2D eigenvalue weighted by Crippen LogP contribution is 2.19. The lowest BCUT2D eigenvalue weighted by Crippen LogP contribution is -2.40. The first-order chi connectivity index (χ1) is 7.78. The Hall–Kier alpha value is -0.670. The third-order valence-corrected chi connectivity index (χ3v) is 2.66. The summed E-state index contributed by atoms with van der Waals surface area (Å²) in [4.78, 5) is 0. The van der Waals surface area contributed by atoms with E-state index in [0.29, 0.717) is 5.56 Å². The maximum atomic E-state index is 13.7. The van der Waals surface area contributed by atoms with Crippen LogP contribution in [0.3, 0.4) is 0 Å². The molecule has 96 valence electrons. The highest BCUT2D eigenvalue weighted by Gasteiger charge is 2.15. The van der Waals surface area contributed by atoms with Gasteiger partial charge in [0.15, 0.2) is 0 Å². The Morgan fingerprint density at radius 2 is 2.00 bits per heavy atom. The van der Waals surface area contributed by atoms with E-state index in [1.165, 1.54) is 18.2 Å². The second-order valence-electron chi connectivity index (χ2n) is 5.17. The number of nitrogens with one attached hydrogen (secondary N) is 1. The largest absolute Gasteiger partial charge is 0.309 e. The molecule has 0 heterocycles. The fourth-order valence-electron chi connectivity index (χ4n) is 1.41. The second kappa shape index (κ2) is 5.78. The fourth-order valence-corrected chi connectivity index (χ4v) is 1.66. The molecule has 4 heteroatoms. The molecule has 1 aromatic rings. The molecule has 0 saturated heterocycles. The van der Waals surface area contributed by atoms with E-state index in [2.05, 4.69) is 5.32 Å². The summed E-state index contributed by atoms with van der Waals surface area (Å²) in [6.45, 7) is 6.19. The quantitative estimate of drug-likeness (QED) is 0.871. The van der Waals surface area contributed by atoms with Crippen molar-refractivity contribution in [3.8, 4) is 0 Å². The minimum absolute atomic E-state index is 0.114. The summed E-state index contributed by atoms with van der Waals surface area (Å²) in [5.74, 6) is -0.401. The summed E-state index contributed by atoms with van der Waals surface area (Å²) in [7, 11) is 0. The van der Waals surface area contributed by atoms with Crippen molar-refractivity contribution < 1.29 is 8.78 Å². The van der Waals surface area contributed by atoms with Crippen molar-refractivity contribution in [3.05, 3.63) is 34.6 Å². The van der Waals surface area contributed by atoms with Crippen LogP contribution < -0.4 is 5.32 Å². The Morgan fingerprint density at radius 1 is 1.35 bits per heavy atom. The molecule has 1 aromatic carbocycles. The molecule has 0 aliphatic heterocycles. The number of alkyl halides is 1. The summed E-state index contributed by atoms with van der Waals surface area (Å²) in [6, 6.07) is 4.03. The smallest absolute Gasteiger partial charge is 0.124 e. The molecule has 0 bridgehead atoms. The van der Waals surface area contributed by atoms with Gasteiger partial charge in [0.25, 0.3) is 0 Å². The highest BCUT2D eigenvalue weighted by molar-refractivity contribution is 6.31. The summed E-state index contributed by atoms with van der Waals surface area (Å²) in [6.07, 6.45) is -0.834. The molecule has 0 amide bonds. The molecular weight excluding hydrogens is 244 g/mol. The Labute approximate surface area is 106 Å². The van der Waals surface area contributed by atoms with E-state index < -0.39 is 12.0 Å². The van der Waals surface area contributed by atoms with Crippen LogP contribution in [-0.4, -0.2) is 18.3 Å². The Kier molecular flexibility index (Phi) is 4.90. The molecule has 0 aliphatic rings. The van der Waals surface area contributed by atoms with Gasteiger partial charge in [-0.1, -0.05) is 17.7 Å². The number of halogens is 3. The van der Waals surface area contributed by atoms with Crippen LogP contribution >= 0.6 is 11.6 Å². The van der Waals surface area contributed by atoms with Crippen LogP contribution in [-0.2, 0) is 6.42 Å². The standard InChI is InChI=1S/C13H18ClF2N/c1-13(2,3)17-8-11(16)6-9-4-5-10(15)7-12(9)14/h4-5,7,11,17H,6,8H2,1-3H3. The zero-order valence-electron chi connectivity index (χ0n) is 10.4. The number of benzene rings is 1. The first-order valence-electron chi connectivity index (χ1n) is 5.61. The molecule has 1 unspecified atom stereocenters. The molecule has 1 rings (SSSR count). The lowest BCUT2D eigenvalue weighted by molar-refractivity contribution is 0.284. The second-order valence-corrected chi connectivity index (χ2v) is 5.58. The van der Waals surface area contributed by atoms with Gasteiger partial charge >= 0.3 is 0 Å². The van der Waals surface area contributed by atoms with Crippen molar-refractivity contribution in [2.75, 3.05) is 6.54 Å². The van der Waals surface area contributed by atoms with Crippen LogP contribution in [0.15, 0.2) is 18.2 Å². The van der Waals surface area contributed by atoms with Crippen LogP contribution in [0.25, 0.3) is 0 Å². The molecule has 1 atom stereocenters. The van der Waals surface area contributed by atoms with Gasteiger partial charge in [-0.25, -0.2) is 8.78 Å². The van der Waals surface area contributed by atoms with Crippen molar-refractivity contribution in [1.29, 1.82) is 0 Å². The molecule has 1 nitrogen and oxygen atoms in total. The number of hydrogen-bond acceptors (Lipinski definition) is 1. The lowest BCUT2D eigenvalue weighted by Gasteiger charge is -2.22. The SMILES string of the molecule is CC(C)(C)NCC(F)Cc1ccc(F)cc1Cl. The van der Waals surface area contributed by atoms with Gasteiger partial charge in [0, 0.05) is 23.5 Å². The van der Waals surface area contributed by atoms with Crippen molar-refractivity contribution in [2.24, 2.45) is 0 Å². The van der Waals surface area contributed by atoms with Gasteiger partial charge in [-0.05, 0) is 38.5 Å². The monoisotopic (exact) mass is 261 g/mol. The van der Waals surface area contributed by atoms with Crippen LogP contribution in [0, 0.1) is 5.82 Å². The normalized spacial score (nSPS) is 13.8. The molecule has 0 radical (unpaired) electrons. The van der Waals surface area contributed by atoms with Gasteiger partial charge in [0.05, 0.1) is 0 Å². The van der Waals surface area contributed by atoms with Crippen molar-refractivity contribution in [1.82, 2.24) is 5.32 Å². The summed E-state index contributed by atoms with van der Waals surface area (Å²) in [5, 5.41) is 3.36. The molecule has 0 fully saturated rings. The minimum Gasteiger partial charge on any atom is -0.309 e. The predicted octanol–water partition coefficient (Wildman–Crippen LogP) is 3.75. The third kappa shape index (κ3) is 5.46. The van der Waals surface area contributed by atoms with Crippen LogP contribution in [0.4, 0.5) is 8.78 Å². The molecule has 1 N–H and O–H groups in total. The number of rotatable bonds is 4. The van der Waals surface area contributed by atoms with Gasteiger partial charge in [-0.3, -0.25) is 0 Å². The summed E-state index contributed by atoms with van der Waals surface area (Å²) >= 11 is 5.84. The lowest BCUT2D eigenvalue weighted by atomic mass is 10.1. The predicted molar refractivity (Wildman–Crippen MR) is 67.8 cm³/mol. The summed E-state index contributed by atoms with van der Waals surface area (Å²) < 4.78 is 26.5. The van der Waals surface area contributed by atoms with Gasteiger partial charge < -0.3 is 5.32 Å². The Bertz CT molecular complexity index is 374. The minimum atomic E-state index is -1.03. The van der Waals surface area contributed by atoms with Crippen molar-refractivity contribution in [3.63, 3.8) is 0 Å². The highest BCUT2D eigenvalue weighted by atomic mass is 35.5. The zero-order chi connectivity index (χ0) is 13.1. The number of hydrogen-bond donors (Lipinski definition) is 1. The van der Waals surface area contributed by atoms with Gasteiger partial charge in [-0.2, -0.15) is 0 Å². The maximum Gasteiger partial charge on any atom is 0.124 e. The van der Waals surface area contributed by atoms with Crippen LogP contribution in [0.5, 0.6) is 0 Å². The van der Waals surface area contributed by atoms with Gasteiger partial charge in [-0.15, -0.1) is 0 Å². The molecule has 0 saturated carbocycles. The molecule has 0 aromatic heterocycles. The molecule has 0 spiro atoms. The Balaban J connectivity index is 2.53. The molecule has 17 heavy (non-hydrogen) atoms. The maximum absolute atomic E-state index is 13.7. The van der Waals surface area contributed by atoms with Crippen molar-refractivity contribution in [2.45, 2.75) is 38.9 Å². The van der Waals surface area contributed by atoms with E-state index in [-0.39, 0.29) is 23.5 Å². The van der Waals surface area contributed by atoms with E-state index >= 15 is 0 Å². The van der Waals surface area contributed by atoms with Gasteiger partial charge in [0.1, 0.15) is 12.0 Å². The van der Waals surface area contributed by atoms with Crippen molar-refractivity contribution >= 4 is 11.6 Å². The average molecular weight is 262 g/mol. The van der Waals surface area contributed by atoms with E-state index in [9.17, 15) is 8.78 Å². The Morgan fingerprint density at radius 3 is 2.53 bits per heavy atom. The third-order valence-electron chi connectivity index (χ3n) is 2.31. The van der Waals surface area contributed by atoms with E-state index in [4.69, 9.17) is 11.6 Å². The van der Waals surface area contributed by atoms with E-state index in [1.54, 1.807) is 0 Å². The zero-order valence-corrected chi connectivity index (χ0v) is 11.1. The topological polar surface area (TPSA) is 12.0 Å².